The van der Waals surface area contributed by atoms with Gasteiger partial charge in [0.05, 0.1) is 38.1 Å². The Labute approximate surface area is 228 Å². The molecule has 3 heteroatoms. The normalized spacial score (nSPS) is 40.9. The third kappa shape index (κ3) is 5.44. The first-order valence-corrected chi connectivity index (χ1v) is 15.2. The number of ether oxygens (including phenoxy) is 3. The molecule has 4 saturated carbocycles. The first-order valence-electron chi connectivity index (χ1n) is 15.2. The zero-order valence-corrected chi connectivity index (χ0v) is 24.3. The maximum Gasteiger partial charge on any atom is 0.0653 e. The van der Waals surface area contributed by atoms with Gasteiger partial charge < -0.3 is 14.2 Å². The van der Waals surface area contributed by atoms with E-state index in [0.717, 1.165) is 31.6 Å². The van der Waals surface area contributed by atoms with Crippen LogP contribution in [-0.4, -0.2) is 38.1 Å². The van der Waals surface area contributed by atoms with Crippen LogP contribution in [0.4, 0.5) is 0 Å². The summed E-state index contributed by atoms with van der Waals surface area (Å²) in [6, 6.07) is 0. The van der Waals surface area contributed by atoms with E-state index in [1.165, 1.54) is 38.5 Å². The topological polar surface area (TPSA) is 27.7 Å². The predicted molar refractivity (Wildman–Crippen MR) is 154 cm³/mol. The van der Waals surface area contributed by atoms with E-state index in [0.29, 0.717) is 43.7 Å². The van der Waals surface area contributed by atoms with Crippen LogP contribution in [0.5, 0.6) is 0 Å². The number of unbranched alkanes of at least 4 members (excludes halogenated alkanes) is 1. The first kappa shape index (κ1) is 29.1. The van der Waals surface area contributed by atoms with Crippen molar-refractivity contribution in [2.75, 3.05) is 19.8 Å². The van der Waals surface area contributed by atoms with Gasteiger partial charge in [-0.15, -0.1) is 19.7 Å². The number of fused-ring (bicyclic) bond motifs is 5. The summed E-state index contributed by atoms with van der Waals surface area (Å²) in [5, 5.41) is 0. The Kier molecular flexibility index (Phi) is 9.84. The summed E-state index contributed by atoms with van der Waals surface area (Å²) >= 11 is 0. The summed E-state index contributed by atoms with van der Waals surface area (Å²) in [7, 11) is 0. The van der Waals surface area contributed by atoms with E-state index in [1.54, 1.807) is 11.8 Å². The third-order valence-corrected chi connectivity index (χ3v) is 11.1. The standard InChI is InChI=1S/C34H54O3/c1-8-12-13-24(5)27-14-15-28-32-29(23-31(34(27,28)7)37-20-11-4)33(6)17-16-26(35-18-9-2)21-25(33)22-30(32)36-19-10-3/h9-11,24,26-31H,2-4,8,12-23H2,1,5-7H3/t24-,26+,27-,28+,29+,30-,31+,33+,34-/m1/s1. The molecular formula is C34H54O3. The van der Waals surface area contributed by atoms with E-state index >= 15 is 0 Å². The fourth-order valence-corrected chi connectivity index (χ4v) is 9.21. The molecular weight excluding hydrogens is 456 g/mol. The van der Waals surface area contributed by atoms with Crippen molar-refractivity contribution in [3.63, 3.8) is 0 Å². The average molecular weight is 511 g/mol. The average Bonchev–Trinajstić information content (AvgIpc) is 3.26. The van der Waals surface area contributed by atoms with Gasteiger partial charge in [0.15, 0.2) is 0 Å². The van der Waals surface area contributed by atoms with E-state index in [1.807, 2.05) is 18.2 Å². The van der Waals surface area contributed by atoms with E-state index < -0.39 is 0 Å². The van der Waals surface area contributed by atoms with Crippen molar-refractivity contribution in [2.24, 2.45) is 34.5 Å². The van der Waals surface area contributed by atoms with Gasteiger partial charge in [0.2, 0.25) is 0 Å². The van der Waals surface area contributed by atoms with Crippen LogP contribution in [-0.2, 0) is 14.2 Å². The van der Waals surface area contributed by atoms with Crippen molar-refractivity contribution in [1.29, 1.82) is 0 Å². The number of rotatable bonds is 13. The van der Waals surface area contributed by atoms with Gasteiger partial charge in [-0.25, -0.2) is 0 Å². The summed E-state index contributed by atoms with van der Waals surface area (Å²) in [6.07, 6.45) is 18.6. The molecule has 0 bridgehead atoms. The minimum atomic E-state index is 0.163. The van der Waals surface area contributed by atoms with Gasteiger partial charge in [-0.05, 0) is 80.0 Å². The molecule has 0 saturated heterocycles. The zero-order valence-electron chi connectivity index (χ0n) is 24.3. The van der Waals surface area contributed by atoms with Gasteiger partial charge in [0.25, 0.3) is 0 Å². The van der Waals surface area contributed by atoms with Crippen molar-refractivity contribution < 1.29 is 14.2 Å². The molecule has 4 aliphatic carbocycles. The first-order chi connectivity index (χ1) is 17.8. The van der Waals surface area contributed by atoms with Gasteiger partial charge in [-0.1, -0.05) is 65.2 Å². The highest BCUT2D eigenvalue weighted by Gasteiger charge is 2.67. The Balaban J connectivity index is 1.68. The van der Waals surface area contributed by atoms with Crippen LogP contribution >= 0.6 is 0 Å². The van der Waals surface area contributed by atoms with Crippen molar-refractivity contribution >= 4 is 0 Å². The van der Waals surface area contributed by atoms with E-state index in [4.69, 9.17) is 14.2 Å². The second-order valence-corrected chi connectivity index (χ2v) is 12.9. The fraction of sp³-hybridized carbons (Fsp3) is 0.765. The second-order valence-electron chi connectivity index (χ2n) is 12.9. The molecule has 9 atom stereocenters. The molecule has 0 aliphatic heterocycles. The molecule has 0 heterocycles. The smallest absolute Gasteiger partial charge is 0.0653 e. The van der Waals surface area contributed by atoms with Gasteiger partial charge in [-0.2, -0.15) is 0 Å². The molecule has 37 heavy (non-hydrogen) atoms. The zero-order chi connectivity index (χ0) is 26.6. The van der Waals surface area contributed by atoms with Crippen LogP contribution in [0.2, 0.25) is 0 Å². The molecule has 0 aromatic heterocycles. The Bertz CT molecular complexity index is 777. The molecule has 0 unspecified atom stereocenters. The summed E-state index contributed by atoms with van der Waals surface area (Å²) in [6.45, 7) is 23.7. The molecule has 0 spiro atoms. The fourth-order valence-electron chi connectivity index (χ4n) is 9.21. The number of hydrogen-bond donors (Lipinski definition) is 0. The Hall–Kier alpha value is -0.900. The molecule has 4 fully saturated rings. The maximum atomic E-state index is 6.76. The van der Waals surface area contributed by atoms with Crippen LogP contribution < -0.4 is 0 Å². The molecule has 3 nitrogen and oxygen atoms in total. The highest BCUT2D eigenvalue weighted by molar-refractivity contribution is 5.32. The Morgan fingerprint density at radius 2 is 1.62 bits per heavy atom. The molecule has 0 N–H and O–H groups in total. The van der Waals surface area contributed by atoms with Gasteiger partial charge in [0, 0.05) is 11.3 Å². The van der Waals surface area contributed by atoms with Crippen LogP contribution in [0, 0.1) is 46.3 Å². The summed E-state index contributed by atoms with van der Waals surface area (Å²) in [4.78, 5) is 0. The monoisotopic (exact) mass is 510 g/mol. The molecule has 0 amide bonds. The minimum absolute atomic E-state index is 0.163. The largest absolute Gasteiger partial charge is 0.374 e. The van der Waals surface area contributed by atoms with E-state index in [9.17, 15) is 0 Å². The minimum Gasteiger partial charge on any atom is -0.374 e. The molecule has 2 radical (unpaired) electrons. The van der Waals surface area contributed by atoms with Crippen LogP contribution in [0.1, 0.15) is 91.9 Å². The molecule has 208 valence electrons. The summed E-state index contributed by atoms with van der Waals surface area (Å²) in [5.74, 6) is 5.90. The molecule has 4 aliphatic rings. The van der Waals surface area contributed by atoms with Gasteiger partial charge in [-0.3, -0.25) is 0 Å². The lowest BCUT2D eigenvalue weighted by Gasteiger charge is -2.64. The van der Waals surface area contributed by atoms with Crippen LogP contribution in [0.15, 0.2) is 38.0 Å². The SMILES string of the molecule is C=CCO[C@H]1CC[C@@]2(C)[C](C1)C[C@@H](OCC=C)[C]1[C@@H]3CC[C@H]([C@H](C)CCCC)[C@@]3(C)[C@@H](OCC=C)C[C@@H]12. The Morgan fingerprint density at radius 3 is 2.32 bits per heavy atom. The second kappa shape index (κ2) is 12.5. The lowest BCUT2D eigenvalue weighted by Crippen LogP contribution is -2.62. The molecule has 4 rings (SSSR count). The lowest BCUT2D eigenvalue weighted by atomic mass is 9.43. The number of hydrogen-bond acceptors (Lipinski definition) is 3. The van der Waals surface area contributed by atoms with Crippen LogP contribution in [0.3, 0.4) is 0 Å². The van der Waals surface area contributed by atoms with Crippen molar-refractivity contribution in [3.05, 3.63) is 49.8 Å². The molecule has 0 aromatic carbocycles. The highest BCUT2D eigenvalue weighted by Crippen LogP contribution is 2.70. The highest BCUT2D eigenvalue weighted by atomic mass is 16.5. The van der Waals surface area contributed by atoms with Crippen molar-refractivity contribution in [1.82, 2.24) is 0 Å². The van der Waals surface area contributed by atoms with Crippen molar-refractivity contribution in [3.8, 4) is 0 Å². The van der Waals surface area contributed by atoms with Crippen molar-refractivity contribution in [2.45, 2.75) is 110 Å². The Morgan fingerprint density at radius 1 is 0.919 bits per heavy atom. The van der Waals surface area contributed by atoms with E-state index in [-0.39, 0.29) is 23.0 Å². The summed E-state index contributed by atoms with van der Waals surface area (Å²) in [5.41, 5.74) is 0.371. The van der Waals surface area contributed by atoms with Gasteiger partial charge in [0.1, 0.15) is 0 Å². The van der Waals surface area contributed by atoms with Crippen LogP contribution in [0.25, 0.3) is 0 Å². The molecule has 0 aromatic rings. The van der Waals surface area contributed by atoms with Gasteiger partial charge >= 0.3 is 0 Å². The predicted octanol–water partition coefficient (Wildman–Crippen LogP) is 8.32. The van der Waals surface area contributed by atoms with E-state index in [2.05, 4.69) is 47.4 Å². The summed E-state index contributed by atoms with van der Waals surface area (Å²) < 4.78 is 19.6. The maximum absolute atomic E-state index is 6.76. The quantitative estimate of drug-likeness (QED) is 0.233. The lowest BCUT2D eigenvalue weighted by molar-refractivity contribution is -0.146. The third-order valence-electron chi connectivity index (χ3n) is 11.1.